The van der Waals surface area contributed by atoms with Crippen LogP contribution in [0.3, 0.4) is 0 Å². The number of fused-ring (bicyclic) bond motifs is 1. The van der Waals surface area contributed by atoms with E-state index in [4.69, 9.17) is 7.85 Å². The van der Waals surface area contributed by atoms with Crippen LogP contribution in [-0.4, -0.2) is 12.8 Å². The van der Waals surface area contributed by atoms with Gasteiger partial charge >= 0.3 is 0 Å². The molecule has 0 atom stereocenters. The highest BCUT2D eigenvalue weighted by molar-refractivity contribution is 7.18. The molecule has 2 rings (SSSR count). The van der Waals surface area contributed by atoms with Crippen LogP contribution in [0, 0.1) is 5.82 Å². The number of halogens is 1. The van der Waals surface area contributed by atoms with Gasteiger partial charge < -0.3 is 0 Å². The number of benzene rings is 1. The van der Waals surface area contributed by atoms with Gasteiger partial charge in [0.2, 0.25) is 0 Å². The topological polar surface area (TPSA) is 12.9 Å². The summed E-state index contributed by atoms with van der Waals surface area (Å²) < 4.78 is 13.7. The molecule has 1 aromatic carbocycles. The first kappa shape index (κ1) is 7.74. The first-order valence-corrected chi connectivity index (χ1v) is 4.36. The highest BCUT2D eigenvalue weighted by Gasteiger charge is 2.01. The largest absolute Gasteiger partial charge is 0.242 e. The van der Waals surface area contributed by atoms with Gasteiger partial charge in [-0.2, -0.15) is 0 Å². The van der Waals surface area contributed by atoms with Crippen LogP contribution in [0.2, 0.25) is 0 Å². The van der Waals surface area contributed by atoms with Gasteiger partial charge in [0.25, 0.3) is 0 Å². The molecule has 12 heavy (non-hydrogen) atoms. The van der Waals surface area contributed by atoms with E-state index in [2.05, 4.69) is 4.98 Å². The lowest BCUT2D eigenvalue weighted by molar-refractivity contribution is 0.629. The molecule has 0 aliphatic carbocycles. The van der Waals surface area contributed by atoms with Crippen LogP contribution in [0.1, 0.15) is 5.01 Å². The Balaban J connectivity index is 2.67. The summed E-state index contributed by atoms with van der Waals surface area (Å²) in [6.07, 6.45) is 0.418. The smallest absolute Gasteiger partial charge is 0.125 e. The summed E-state index contributed by atoms with van der Waals surface area (Å²) >= 11 is 1.50. The molecular formula is C8H5BFNS. The number of nitrogens with zero attached hydrogens (tertiary/aromatic N) is 1. The van der Waals surface area contributed by atoms with Crippen LogP contribution in [0.5, 0.6) is 0 Å². The number of aromatic nitrogens is 1. The van der Waals surface area contributed by atoms with E-state index < -0.39 is 0 Å². The van der Waals surface area contributed by atoms with E-state index in [0.717, 1.165) is 9.71 Å². The fraction of sp³-hybridized carbons (Fsp3) is 0.125. The van der Waals surface area contributed by atoms with Gasteiger partial charge in [-0.15, -0.1) is 11.3 Å². The van der Waals surface area contributed by atoms with E-state index in [0.29, 0.717) is 11.8 Å². The number of thiazole rings is 1. The van der Waals surface area contributed by atoms with Crippen LogP contribution >= 0.6 is 11.3 Å². The van der Waals surface area contributed by atoms with E-state index in [9.17, 15) is 4.39 Å². The van der Waals surface area contributed by atoms with E-state index in [-0.39, 0.29) is 5.82 Å². The Morgan fingerprint density at radius 2 is 2.33 bits per heavy atom. The van der Waals surface area contributed by atoms with Crippen molar-refractivity contribution in [2.75, 3.05) is 0 Å². The molecule has 4 heteroatoms. The summed E-state index contributed by atoms with van der Waals surface area (Å²) in [4.78, 5) is 4.15. The predicted octanol–water partition coefficient (Wildman–Crippen LogP) is 2.10. The van der Waals surface area contributed by atoms with Crippen molar-refractivity contribution in [2.45, 2.75) is 6.32 Å². The lowest BCUT2D eigenvalue weighted by Crippen LogP contribution is -1.79. The quantitative estimate of drug-likeness (QED) is 0.607. The van der Waals surface area contributed by atoms with E-state index in [1.165, 1.54) is 23.5 Å². The maximum Gasteiger partial charge on any atom is 0.125 e. The second kappa shape index (κ2) is 2.86. The van der Waals surface area contributed by atoms with Crippen molar-refractivity contribution in [3.63, 3.8) is 0 Å². The van der Waals surface area contributed by atoms with Crippen LogP contribution in [0.4, 0.5) is 4.39 Å². The monoisotopic (exact) mass is 177 g/mol. The van der Waals surface area contributed by atoms with Gasteiger partial charge in [-0.3, -0.25) is 0 Å². The molecule has 1 heterocycles. The predicted molar refractivity (Wildman–Crippen MR) is 49.0 cm³/mol. The van der Waals surface area contributed by atoms with Gasteiger partial charge in [0.05, 0.1) is 23.1 Å². The van der Waals surface area contributed by atoms with Gasteiger partial charge in [0.15, 0.2) is 0 Å². The first-order chi connectivity index (χ1) is 5.79. The Morgan fingerprint density at radius 3 is 3.08 bits per heavy atom. The number of rotatable bonds is 1. The average Bonchev–Trinajstić information content (AvgIpc) is 2.46. The third-order valence-corrected chi connectivity index (χ3v) is 2.63. The summed E-state index contributed by atoms with van der Waals surface area (Å²) in [6, 6.07) is 4.58. The number of hydrogen-bond donors (Lipinski definition) is 0. The molecule has 0 amide bonds. The lowest BCUT2D eigenvalue weighted by Gasteiger charge is -1.85. The standard InChI is InChI=1S/C8H5BFNS/c9-4-8-11-6-3-5(10)1-2-7(6)12-8/h1-3H,4H2. The van der Waals surface area contributed by atoms with Gasteiger partial charge in [0, 0.05) is 6.07 Å². The van der Waals surface area contributed by atoms with Gasteiger partial charge in [-0.25, -0.2) is 9.37 Å². The summed E-state index contributed by atoms with van der Waals surface area (Å²) in [6.45, 7) is 0. The van der Waals surface area contributed by atoms with Crippen molar-refractivity contribution >= 4 is 29.4 Å². The molecule has 0 saturated carbocycles. The Kier molecular flexibility index (Phi) is 1.85. The highest BCUT2D eigenvalue weighted by Crippen LogP contribution is 2.22. The fourth-order valence-electron chi connectivity index (χ4n) is 1.04. The van der Waals surface area contributed by atoms with Crippen molar-refractivity contribution in [2.24, 2.45) is 0 Å². The minimum Gasteiger partial charge on any atom is -0.242 e. The molecule has 2 radical (unpaired) electrons. The number of hydrogen-bond acceptors (Lipinski definition) is 2. The second-order valence-electron chi connectivity index (χ2n) is 2.42. The van der Waals surface area contributed by atoms with Crippen LogP contribution in [0.25, 0.3) is 10.2 Å². The zero-order chi connectivity index (χ0) is 8.55. The Bertz CT molecular complexity index is 412. The Labute approximate surface area is 74.7 Å². The summed E-state index contributed by atoms with van der Waals surface area (Å²) in [7, 11) is 5.41. The molecule has 1 aromatic heterocycles. The summed E-state index contributed by atoms with van der Waals surface area (Å²) in [5.74, 6) is -0.253. The van der Waals surface area contributed by atoms with Gasteiger partial charge in [-0.1, -0.05) is 0 Å². The molecule has 1 nitrogen and oxygen atoms in total. The van der Waals surface area contributed by atoms with E-state index in [1.807, 2.05) is 0 Å². The van der Waals surface area contributed by atoms with Crippen molar-refractivity contribution < 1.29 is 4.39 Å². The molecule has 0 fully saturated rings. The van der Waals surface area contributed by atoms with Gasteiger partial charge in [0.1, 0.15) is 5.82 Å². The Hall–Kier alpha value is -0.895. The highest BCUT2D eigenvalue weighted by atomic mass is 32.1. The van der Waals surface area contributed by atoms with E-state index >= 15 is 0 Å². The van der Waals surface area contributed by atoms with Crippen LogP contribution < -0.4 is 0 Å². The maximum absolute atomic E-state index is 12.7. The minimum absolute atomic E-state index is 0.253. The molecule has 58 valence electrons. The van der Waals surface area contributed by atoms with Crippen molar-refractivity contribution in [3.05, 3.63) is 29.0 Å². The van der Waals surface area contributed by atoms with Crippen molar-refractivity contribution in [3.8, 4) is 0 Å². The summed E-state index contributed by atoms with van der Waals surface area (Å²) in [5, 5.41) is 0.843. The van der Waals surface area contributed by atoms with E-state index in [1.54, 1.807) is 6.07 Å². The maximum atomic E-state index is 12.7. The zero-order valence-corrected chi connectivity index (χ0v) is 7.07. The van der Waals surface area contributed by atoms with Crippen LogP contribution in [0.15, 0.2) is 18.2 Å². The molecule has 0 aliphatic heterocycles. The average molecular weight is 177 g/mol. The molecule has 0 bridgehead atoms. The minimum atomic E-state index is -0.253. The SMILES string of the molecule is [B]Cc1nc2cc(F)ccc2s1. The molecule has 2 aromatic rings. The molecule has 0 aliphatic rings. The molecule has 0 saturated heterocycles. The van der Waals surface area contributed by atoms with Crippen molar-refractivity contribution in [1.82, 2.24) is 4.98 Å². The van der Waals surface area contributed by atoms with Crippen LogP contribution in [-0.2, 0) is 6.32 Å². The van der Waals surface area contributed by atoms with Gasteiger partial charge in [-0.05, 0) is 18.5 Å². The fourth-order valence-corrected chi connectivity index (χ4v) is 1.86. The third-order valence-electron chi connectivity index (χ3n) is 1.57. The second-order valence-corrected chi connectivity index (χ2v) is 3.54. The third kappa shape index (κ3) is 1.22. The normalized spacial score (nSPS) is 10.8. The zero-order valence-electron chi connectivity index (χ0n) is 6.25. The molecule has 0 spiro atoms. The first-order valence-electron chi connectivity index (χ1n) is 3.54. The molecular weight excluding hydrogens is 172 g/mol. The lowest BCUT2D eigenvalue weighted by atomic mass is 10.1. The summed E-state index contributed by atoms with van der Waals surface area (Å²) in [5.41, 5.74) is 0.695. The molecule has 0 unspecified atom stereocenters. The Morgan fingerprint density at radius 1 is 1.50 bits per heavy atom. The van der Waals surface area contributed by atoms with Crippen molar-refractivity contribution in [1.29, 1.82) is 0 Å². The molecule has 0 N–H and O–H groups in total.